The van der Waals surface area contributed by atoms with Crippen molar-refractivity contribution in [1.29, 1.82) is 5.26 Å². The Morgan fingerprint density at radius 2 is 1.03 bits per heavy atom. The first-order chi connectivity index (χ1) is 69.3. The average molecular weight is 1980 g/mol. The molecule has 0 bridgehead atoms. The number of thiazole rings is 3. The molecule has 0 aliphatic carbocycles. The number of nitrogens with zero attached hydrogens (tertiary/aromatic N) is 15. The third kappa shape index (κ3) is 22.4. The number of aliphatic hydroxyl groups excluding tert-OH is 2. The first-order valence-electron chi connectivity index (χ1n) is 45.1. The lowest BCUT2D eigenvalue weighted by molar-refractivity contribution is 0.0702. The van der Waals surface area contributed by atoms with Gasteiger partial charge in [0.05, 0.1) is 58.4 Å². The van der Waals surface area contributed by atoms with Crippen molar-refractivity contribution in [2.75, 3.05) is 81.6 Å². The summed E-state index contributed by atoms with van der Waals surface area (Å²) in [5, 5.41) is 70.8. The summed E-state index contributed by atoms with van der Waals surface area (Å²) in [7, 11) is 1.64. The topological polar surface area (TPSA) is 403 Å². The van der Waals surface area contributed by atoms with Gasteiger partial charge in [-0.2, -0.15) is 15.2 Å². The first-order valence-corrected chi connectivity index (χ1v) is 48.5. The number of nitrogens with one attached hydrogen (secondary N) is 5. The number of fused-ring (bicyclic) bond motifs is 6. The number of Topliss-reactive ketones (excluding diaryl/α,β-unsaturated/α-hetero) is 2. The van der Waals surface area contributed by atoms with E-state index in [9.17, 15) is 38.0 Å². The number of amides is 3. The van der Waals surface area contributed by atoms with Crippen LogP contribution in [0.1, 0.15) is 130 Å². The number of aryl methyl sites for hydroxylation is 1. The van der Waals surface area contributed by atoms with Crippen LogP contribution >= 0.6 is 45.3 Å². The molecule has 9 aromatic carbocycles. The van der Waals surface area contributed by atoms with Gasteiger partial charge < -0.3 is 50.1 Å². The number of carbonyl (C=O) groups excluding carboxylic acids is 5. The van der Waals surface area contributed by atoms with Crippen molar-refractivity contribution < 1.29 is 63.3 Å². The van der Waals surface area contributed by atoms with Crippen molar-refractivity contribution in [3.8, 4) is 44.9 Å². The SMILES string of the molecule is COc1ccc(-c2csc(N3CCc4cc(C(=O)NO)cc(C#N)c4C3)n2)cc1.O=C(CO)c1ccc2c(c1F)CCN(c1ccnc(NCc3ccccc3)n1)C2.O=C(CO)c1ccc2c(c1F)CCN(c1nccc(NCc3ccccc3)n1)C2.O=C(NO)c1ccc2c(c1)CN(c1nc(-c3cccnc3)cs1)C2.[C-]#[N+]c1cc(C(=O)NO)cc2c1CN(c1nc(-c3sc4ccccc4c3C)cs1)CC2. The molecule has 0 atom stereocenters. The number of pyridine rings is 1. The molecule has 0 spiro atoms. The second-order valence-corrected chi connectivity index (χ2v) is 36.9. The van der Waals surface area contributed by atoms with Crippen LogP contribution in [-0.4, -0.2) is 141 Å². The number of benzene rings is 9. The number of aliphatic hydroxyl groups is 2. The summed E-state index contributed by atoms with van der Waals surface area (Å²) in [5.41, 5.74) is 23.8. The molecular weight excluding hydrogens is 1880 g/mol. The van der Waals surface area contributed by atoms with Crippen molar-refractivity contribution >= 4 is 129 Å². The quantitative estimate of drug-likeness (QED) is 0.0130. The van der Waals surface area contributed by atoms with Crippen LogP contribution in [0.3, 0.4) is 0 Å². The lowest BCUT2D eigenvalue weighted by Gasteiger charge is -2.30. The van der Waals surface area contributed by atoms with E-state index in [2.05, 4.69) is 103 Å². The Balaban J connectivity index is 0.000000122. The fourth-order valence-electron chi connectivity index (χ4n) is 17.2. The number of anilines is 7. The van der Waals surface area contributed by atoms with Gasteiger partial charge in [0.1, 0.15) is 42.2 Å². The summed E-state index contributed by atoms with van der Waals surface area (Å²) in [6, 6.07) is 64.3. The number of carbonyl (C=O) groups is 5. The van der Waals surface area contributed by atoms with Gasteiger partial charge in [-0.15, -0.1) is 45.3 Å². The fourth-order valence-corrected chi connectivity index (χ4v) is 21.0. The maximum Gasteiger partial charge on any atom is 0.274 e. The number of aromatic nitrogens is 8. The number of nitriles is 1. The van der Waals surface area contributed by atoms with Gasteiger partial charge in [-0.1, -0.05) is 103 Å². The molecule has 0 fully saturated rings. The molecule has 716 valence electrons. The van der Waals surface area contributed by atoms with Gasteiger partial charge in [0.2, 0.25) is 11.9 Å². The minimum Gasteiger partial charge on any atom is -0.497 e. The van der Waals surface area contributed by atoms with Gasteiger partial charge in [0.25, 0.3) is 17.7 Å². The Hall–Kier alpha value is -16.1. The van der Waals surface area contributed by atoms with E-state index in [1.165, 1.54) is 50.4 Å². The van der Waals surface area contributed by atoms with E-state index in [1.807, 2.05) is 137 Å². The van der Waals surface area contributed by atoms with Gasteiger partial charge in [0, 0.05) is 152 Å². The molecule has 0 saturated carbocycles. The normalized spacial score (nSPS) is 13.0. The molecule has 16 aromatic rings. The zero-order valence-electron chi connectivity index (χ0n) is 76.6. The summed E-state index contributed by atoms with van der Waals surface area (Å²) in [6.07, 6.45) is 9.26. The van der Waals surface area contributed by atoms with Gasteiger partial charge in [-0.05, 0) is 208 Å². The molecule has 0 unspecified atom stereocenters. The monoisotopic (exact) mass is 1970 g/mol. The minimum absolute atomic E-state index is 0.0471. The Morgan fingerprint density at radius 3 is 1.64 bits per heavy atom. The van der Waals surface area contributed by atoms with Crippen molar-refractivity contribution in [2.24, 2.45) is 0 Å². The van der Waals surface area contributed by atoms with E-state index in [0.29, 0.717) is 130 Å². The number of ketones is 2. The molecule has 21 rings (SSSR count). The lowest BCUT2D eigenvalue weighted by atomic mass is 9.93. The summed E-state index contributed by atoms with van der Waals surface area (Å²) in [6.45, 7) is 15.7. The Labute approximate surface area is 830 Å². The lowest BCUT2D eigenvalue weighted by Crippen LogP contribution is -2.33. The molecular formula is C105H92F2N20O11S4. The van der Waals surface area contributed by atoms with Crippen LogP contribution in [0.4, 0.5) is 53.4 Å². The highest BCUT2D eigenvalue weighted by Crippen LogP contribution is 2.43. The van der Waals surface area contributed by atoms with Crippen molar-refractivity contribution in [3.05, 3.63) is 370 Å². The predicted octanol–water partition coefficient (Wildman–Crippen LogP) is 17.7. The van der Waals surface area contributed by atoms with E-state index < -0.39 is 54.1 Å². The molecule has 37 heteroatoms. The highest BCUT2D eigenvalue weighted by Gasteiger charge is 2.32. The van der Waals surface area contributed by atoms with Crippen LogP contribution in [-0.2, 0) is 78.0 Å². The van der Waals surface area contributed by atoms with Crippen LogP contribution in [0, 0.1) is 36.5 Å². The number of hydrogen-bond donors (Lipinski definition) is 10. The second kappa shape index (κ2) is 45.2. The molecule has 5 aliphatic heterocycles. The minimum atomic E-state index is -0.696. The number of ether oxygens (including phenoxy) is 1. The highest BCUT2D eigenvalue weighted by molar-refractivity contribution is 7.23. The Kier molecular flexibility index (Phi) is 31.1. The maximum absolute atomic E-state index is 14.7. The molecule has 0 saturated heterocycles. The van der Waals surface area contributed by atoms with Crippen molar-refractivity contribution in [1.82, 2.24) is 56.3 Å². The molecule has 12 heterocycles. The maximum atomic E-state index is 14.7. The van der Waals surface area contributed by atoms with Crippen molar-refractivity contribution in [2.45, 2.75) is 85.0 Å². The van der Waals surface area contributed by atoms with Crippen LogP contribution < -0.4 is 56.3 Å². The fraction of sp³-hybridized carbons (Fsp3) is 0.190. The molecule has 0 radical (unpaired) electrons. The zero-order chi connectivity index (χ0) is 98.9. The van der Waals surface area contributed by atoms with Crippen LogP contribution in [0.2, 0.25) is 0 Å². The number of methoxy groups -OCH3 is 1. The van der Waals surface area contributed by atoms with Crippen molar-refractivity contribution in [3.63, 3.8) is 0 Å². The Morgan fingerprint density at radius 1 is 0.493 bits per heavy atom. The van der Waals surface area contributed by atoms with E-state index in [4.69, 9.17) is 52.1 Å². The summed E-state index contributed by atoms with van der Waals surface area (Å²) in [5.74, 6) is -0.567. The summed E-state index contributed by atoms with van der Waals surface area (Å²) in [4.78, 5) is 110. The van der Waals surface area contributed by atoms with Crippen LogP contribution in [0.5, 0.6) is 5.75 Å². The average Bonchev–Trinajstić information content (AvgIpc) is 1.48. The Bertz CT molecular complexity index is 7270. The summed E-state index contributed by atoms with van der Waals surface area (Å²) < 4.78 is 35.8. The molecule has 31 nitrogen and oxygen atoms in total. The predicted molar refractivity (Wildman–Crippen MR) is 541 cm³/mol. The number of hydrogen-bond acceptors (Lipinski definition) is 31. The second-order valence-electron chi connectivity index (χ2n) is 33.4. The van der Waals surface area contributed by atoms with Gasteiger partial charge >= 0.3 is 0 Å². The molecule has 7 aromatic heterocycles. The zero-order valence-corrected chi connectivity index (χ0v) is 79.9. The number of hydroxylamine groups is 3. The highest BCUT2D eigenvalue weighted by atomic mass is 32.1. The third-order valence-corrected chi connectivity index (χ3v) is 28.7. The largest absolute Gasteiger partial charge is 0.497 e. The van der Waals surface area contributed by atoms with Gasteiger partial charge in [0.15, 0.2) is 32.6 Å². The van der Waals surface area contributed by atoms with Crippen LogP contribution in [0.25, 0.3) is 48.0 Å². The number of thiophene rings is 1. The molecule has 3 amide bonds. The van der Waals surface area contributed by atoms with E-state index in [1.54, 1.807) is 124 Å². The molecule has 5 aliphatic rings. The van der Waals surface area contributed by atoms with E-state index in [0.717, 1.165) is 131 Å². The van der Waals surface area contributed by atoms with Crippen LogP contribution in [0.15, 0.2) is 241 Å². The smallest absolute Gasteiger partial charge is 0.274 e. The first kappa shape index (κ1) is 97.6. The van der Waals surface area contributed by atoms with E-state index in [-0.39, 0.29) is 16.7 Å². The van der Waals surface area contributed by atoms with Gasteiger partial charge in [-0.3, -0.25) is 44.6 Å². The molecule has 142 heavy (non-hydrogen) atoms. The third-order valence-electron chi connectivity index (χ3n) is 24.7. The molecule has 10 N–H and O–H groups in total. The number of rotatable bonds is 22. The summed E-state index contributed by atoms with van der Waals surface area (Å²) >= 11 is 6.54. The number of halogens is 2. The van der Waals surface area contributed by atoms with Gasteiger partial charge in [-0.25, -0.2) is 55.0 Å². The van der Waals surface area contributed by atoms with E-state index >= 15 is 0 Å². The standard InChI is InChI=1S/C23H18N4O2S2.2C22H21FN4O2.C21H18N4O3S.C17H14N4O2S/c1-13-16-5-3-4-6-20(16)31-21(13)19-12-30-23(25-19)27-8-7-14-9-15(22(28)26-29)10-18(24-2)17(14)11-27;23-21-17-9-11-27(13-16(17)6-7-18(21)19(29)14-28)20-8-10-24-22(26-20)25-12-15-4-2-1-3-5-15;23-21-17-9-11-27(13-16(17)6-7-18(21)19(29)14-28)22-24-10-8-20(26-22)25-12-15-4-2-1-3-5-15;1-28-17-4-2-13(3-5-17)19-12-29-21(23-19)25-7-6-14-8-15(20(26)24-27)9-16(10-22)18(14)11-25;22-16(20-23)11-3-4-13-8-21(9-14(13)6-11)17-19-15(10-24-17)12-2-1-5-18-7-12/h3-6,9-10,12,29H,7-8,11H2,1H3,(H,26,28);2*1-8,10,28H,9,11-14H2,(H,24,25,26);2-5,8-9,12,27H,6-7,11H2,1H3,(H,24,26);1-7,10,23H,8-9H2,(H,20,22).